The number of thiocarbonyl (C=S) groups is 1. The van der Waals surface area contributed by atoms with Crippen molar-refractivity contribution in [2.45, 2.75) is 25.7 Å². The van der Waals surface area contributed by atoms with Gasteiger partial charge in [0.2, 0.25) is 0 Å². The molecule has 0 saturated carbocycles. The molecule has 31 heavy (non-hydrogen) atoms. The van der Waals surface area contributed by atoms with Gasteiger partial charge < -0.3 is 5.32 Å². The van der Waals surface area contributed by atoms with Crippen LogP contribution in [0.1, 0.15) is 27.0 Å². The van der Waals surface area contributed by atoms with Gasteiger partial charge in [-0.25, -0.2) is 8.42 Å². The first kappa shape index (κ1) is 22.5. The number of hydrogen-bond acceptors (Lipinski definition) is 4. The number of aryl methyl sites for hydroxylation is 3. The van der Waals surface area contributed by atoms with E-state index in [1.807, 2.05) is 39.0 Å². The Kier molecular flexibility index (Phi) is 6.72. The third-order valence-electron chi connectivity index (χ3n) is 4.51. The van der Waals surface area contributed by atoms with Gasteiger partial charge in [-0.2, -0.15) is 0 Å². The summed E-state index contributed by atoms with van der Waals surface area (Å²) in [4.78, 5) is 12.5. The highest BCUT2D eigenvalue weighted by Crippen LogP contribution is 2.20. The van der Waals surface area contributed by atoms with E-state index in [0.29, 0.717) is 16.9 Å². The minimum Gasteiger partial charge on any atom is -0.332 e. The number of amides is 1. The van der Waals surface area contributed by atoms with Crippen LogP contribution in [-0.2, 0) is 10.0 Å². The maximum Gasteiger partial charge on any atom is 0.261 e. The second-order valence-electron chi connectivity index (χ2n) is 7.23. The van der Waals surface area contributed by atoms with Crippen molar-refractivity contribution in [1.82, 2.24) is 5.32 Å². The van der Waals surface area contributed by atoms with Crippen LogP contribution in [0, 0.1) is 20.8 Å². The highest BCUT2D eigenvalue weighted by molar-refractivity contribution is 7.92. The van der Waals surface area contributed by atoms with E-state index < -0.39 is 10.0 Å². The van der Waals surface area contributed by atoms with Crippen molar-refractivity contribution in [2.24, 2.45) is 0 Å². The van der Waals surface area contributed by atoms with Crippen LogP contribution in [-0.4, -0.2) is 19.4 Å². The van der Waals surface area contributed by atoms with E-state index >= 15 is 0 Å². The van der Waals surface area contributed by atoms with E-state index in [4.69, 9.17) is 12.2 Å². The minimum absolute atomic E-state index is 0.118. The maximum atomic E-state index is 12.7. The molecule has 6 nitrogen and oxygen atoms in total. The topological polar surface area (TPSA) is 87.3 Å². The van der Waals surface area contributed by atoms with Crippen LogP contribution in [0.4, 0.5) is 11.4 Å². The average molecular weight is 454 g/mol. The molecule has 3 N–H and O–H groups in total. The van der Waals surface area contributed by atoms with Gasteiger partial charge in [-0.15, -0.1) is 0 Å². The lowest BCUT2D eigenvalue weighted by atomic mass is 10.1. The predicted octanol–water partition coefficient (Wildman–Crippen LogP) is 4.54. The summed E-state index contributed by atoms with van der Waals surface area (Å²) in [5, 5.41) is 5.64. The molecule has 0 aromatic heterocycles. The lowest BCUT2D eigenvalue weighted by molar-refractivity contribution is 0.0977. The first-order valence-electron chi connectivity index (χ1n) is 9.53. The smallest absolute Gasteiger partial charge is 0.261 e. The van der Waals surface area contributed by atoms with E-state index in [-0.39, 0.29) is 15.9 Å². The van der Waals surface area contributed by atoms with Gasteiger partial charge in [0.1, 0.15) is 0 Å². The predicted molar refractivity (Wildman–Crippen MR) is 128 cm³/mol. The Labute approximate surface area is 187 Å². The van der Waals surface area contributed by atoms with Crippen molar-refractivity contribution >= 4 is 44.6 Å². The highest BCUT2D eigenvalue weighted by Gasteiger charge is 2.15. The molecule has 0 heterocycles. The van der Waals surface area contributed by atoms with Crippen LogP contribution in [0.25, 0.3) is 0 Å². The van der Waals surface area contributed by atoms with Crippen LogP contribution in [0.5, 0.6) is 0 Å². The highest BCUT2D eigenvalue weighted by atomic mass is 32.2. The van der Waals surface area contributed by atoms with Crippen LogP contribution < -0.4 is 15.4 Å². The zero-order valence-electron chi connectivity index (χ0n) is 17.4. The first-order valence-corrected chi connectivity index (χ1v) is 11.4. The number of nitrogens with one attached hydrogen (secondary N) is 3. The Morgan fingerprint density at radius 2 is 1.45 bits per heavy atom. The van der Waals surface area contributed by atoms with Crippen molar-refractivity contribution in [3.8, 4) is 0 Å². The van der Waals surface area contributed by atoms with Gasteiger partial charge in [-0.1, -0.05) is 24.3 Å². The lowest BCUT2D eigenvalue weighted by Gasteiger charge is -2.12. The normalized spacial score (nSPS) is 10.9. The second-order valence-corrected chi connectivity index (χ2v) is 9.32. The fourth-order valence-electron chi connectivity index (χ4n) is 3.13. The second kappa shape index (κ2) is 9.28. The number of benzene rings is 3. The van der Waals surface area contributed by atoms with E-state index in [1.54, 1.807) is 36.4 Å². The molecule has 3 aromatic carbocycles. The van der Waals surface area contributed by atoms with E-state index in [9.17, 15) is 13.2 Å². The molecule has 8 heteroatoms. The molecule has 1 amide bonds. The van der Waals surface area contributed by atoms with E-state index in [2.05, 4.69) is 15.4 Å². The molecule has 3 rings (SSSR count). The maximum absolute atomic E-state index is 12.7. The summed E-state index contributed by atoms with van der Waals surface area (Å²) in [5.41, 5.74) is 4.39. The van der Waals surface area contributed by atoms with Crippen molar-refractivity contribution < 1.29 is 13.2 Å². The molecule has 0 aliphatic carbocycles. The molecule has 0 saturated heterocycles. The fraction of sp³-hybridized carbons (Fsp3) is 0.130. The van der Waals surface area contributed by atoms with Gasteiger partial charge >= 0.3 is 0 Å². The van der Waals surface area contributed by atoms with Gasteiger partial charge in [-0.3, -0.25) is 14.8 Å². The summed E-state index contributed by atoms with van der Waals surface area (Å²) in [6, 6.07) is 18.8. The quantitative estimate of drug-likeness (QED) is 0.494. The van der Waals surface area contributed by atoms with Crippen molar-refractivity contribution in [3.63, 3.8) is 0 Å². The fourth-order valence-corrected chi connectivity index (χ4v) is 4.38. The molecule has 3 aromatic rings. The largest absolute Gasteiger partial charge is 0.332 e. The molecule has 0 spiro atoms. The van der Waals surface area contributed by atoms with E-state index in [1.165, 1.54) is 12.1 Å². The van der Waals surface area contributed by atoms with Crippen LogP contribution >= 0.6 is 12.2 Å². The Balaban J connectivity index is 1.66. The minimum atomic E-state index is -3.73. The SMILES string of the molecule is Cc1cc(C)cc(NS(=O)(=O)c2ccc(NC(=S)NC(=O)c3ccccc3C)cc2)c1. The summed E-state index contributed by atoms with van der Waals surface area (Å²) in [5.74, 6) is -0.313. The van der Waals surface area contributed by atoms with Crippen molar-refractivity contribution in [3.05, 3.63) is 89.0 Å². The summed E-state index contributed by atoms with van der Waals surface area (Å²) >= 11 is 5.20. The monoisotopic (exact) mass is 453 g/mol. The number of anilines is 2. The zero-order valence-corrected chi connectivity index (χ0v) is 19.0. The molecular formula is C23H23N3O3S2. The molecule has 0 radical (unpaired) electrons. The van der Waals surface area contributed by atoms with Crippen molar-refractivity contribution in [2.75, 3.05) is 10.0 Å². The van der Waals surface area contributed by atoms with Gasteiger partial charge in [0, 0.05) is 16.9 Å². The molecule has 0 aliphatic rings. The van der Waals surface area contributed by atoms with E-state index in [0.717, 1.165) is 16.7 Å². The van der Waals surface area contributed by atoms with Gasteiger partial charge in [-0.05, 0) is 92.1 Å². The average Bonchev–Trinajstić information content (AvgIpc) is 2.67. The van der Waals surface area contributed by atoms with Crippen molar-refractivity contribution in [1.29, 1.82) is 0 Å². The summed E-state index contributed by atoms with van der Waals surface area (Å²) in [6.07, 6.45) is 0. The Bertz CT molecular complexity index is 1220. The molecule has 0 fully saturated rings. The molecule has 0 bridgehead atoms. The van der Waals surface area contributed by atoms with Gasteiger partial charge in [0.15, 0.2) is 5.11 Å². The third-order valence-corrected chi connectivity index (χ3v) is 6.11. The molecule has 0 unspecified atom stereocenters. The zero-order chi connectivity index (χ0) is 22.6. The van der Waals surface area contributed by atoms with Crippen LogP contribution in [0.2, 0.25) is 0 Å². The number of hydrogen-bond donors (Lipinski definition) is 3. The Morgan fingerprint density at radius 3 is 2.06 bits per heavy atom. The number of rotatable bonds is 5. The van der Waals surface area contributed by atoms with Crippen LogP contribution in [0.15, 0.2) is 71.6 Å². The van der Waals surface area contributed by atoms with Gasteiger partial charge in [0.25, 0.3) is 15.9 Å². The first-order chi connectivity index (χ1) is 14.6. The summed E-state index contributed by atoms with van der Waals surface area (Å²) in [7, 11) is -3.73. The van der Waals surface area contributed by atoms with Gasteiger partial charge in [0.05, 0.1) is 4.90 Å². The molecule has 0 aliphatic heterocycles. The van der Waals surface area contributed by atoms with Crippen LogP contribution in [0.3, 0.4) is 0 Å². The Hall–Kier alpha value is -3.23. The Morgan fingerprint density at radius 1 is 0.839 bits per heavy atom. The summed E-state index contributed by atoms with van der Waals surface area (Å²) in [6.45, 7) is 5.66. The summed E-state index contributed by atoms with van der Waals surface area (Å²) < 4.78 is 28.0. The molecule has 160 valence electrons. The third kappa shape index (κ3) is 5.90. The molecule has 0 atom stereocenters. The number of carbonyl (C=O) groups is 1. The molecular weight excluding hydrogens is 430 g/mol. The standard InChI is InChI=1S/C23H23N3O3S2/c1-15-12-16(2)14-19(13-15)26-31(28,29)20-10-8-18(9-11-20)24-23(30)25-22(27)21-7-5-4-6-17(21)3/h4-14,26H,1-3H3,(H2,24,25,27,30). The lowest BCUT2D eigenvalue weighted by Crippen LogP contribution is -2.34. The number of sulfonamides is 1. The number of carbonyl (C=O) groups excluding carboxylic acids is 1.